The molecule has 5 rings (SSSR count). The van der Waals surface area contributed by atoms with E-state index in [0.717, 1.165) is 30.2 Å². The van der Waals surface area contributed by atoms with Gasteiger partial charge in [0.2, 0.25) is 0 Å². The maximum absolute atomic E-state index is 15.8. The molecule has 1 aromatic heterocycles. The molecule has 0 amide bonds. The second-order valence-corrected chi connectivity index (χ2v) is 8.11. The van der Waals surface area contributed by atoms with Crippen molar-refractivity contribution in [2.45, 2.75) is 18.9 Å². The standard InChI is InChI=1S/C23H20ClFN4O/c24-19-10-18-22(27-12-28-23(18)29-7-3-5-14(26)11-29)21(25)20(19)17-9-15(30)8-13-4-1-2-6-16(13)17/h1-2,4,6,8-10,12,14,30H,3,5,7,11,26H2. The van der Waals surface area contributed by atoms with Gasteiger partial charge < -0.3 is 15.7 Å². The van der Waals surface area contributed by atoms with Crippen molar-refractivity contribution < 1.29 is 9.50 Å². The molecule has 7 heteroatoms. The number of aromatic hydroxyl groups is 1. The zero-order valence-electron chi connectivity index (χ0n) is 16.1. The normalized spacial score (nSPS) is 17.0. The minimum atomic E-state index is -0.529. The summed E-state index contributed by atoms with van der Waals surface area (Å²) in [4.78, 5) is 10.7. The van der Waals surface area contributed by atoms with Crippen LogP contribution in [0.25, 0.3) is 32.8 Å². The Bertz CT molecular complexity index is 1280. The molecule has 1 saturated heterocycles. The smallest absolute Gasteiger partial charge is 0.158 e. The van der Waals surface area contributed by atoms with Crippen molar-refractivity contribution in [3.8, 4) is 16.9 Å². The van der Waals surface area contributed by atoms with Crippen LogP contribution in [0.15, 0.2) is 48.8 Å². The van der Waals surface area contributed by atoms with Crippen LogP contribution in [-0.4, -0.2) is 34.2 Å². The van der Waals surface area contributed by atoms with Gasteiger partial charge >= 0.3 is 0 Å². The van der Waals surface area contributed by atoms with Gasteiger partial charge in [0.05, 0.1) is 5.02 Å². The van der Waals surface area contributed by atoms with Gasteiger partial charge in [-0.05, 0) is 47.4 Å². The number of hydrogen-bond acceptors (Lipinski definition) is 5. The van der Waals surface area contributed by atoms with E-state index in [9.17, 15) is 5.11 Å². The molecule has 0 bridgehead atoms. The lowest BCUT2D eigenvalue weighted by molar-refractivity contribution is 0.476. The van der Waals surface area contributed by atoms with Gasteiger partial charge in [-0.1, -0.05) is 35.9 Å². The van der Waals surface area contributed by atoms with E-state index in [-0.39, 0.29) is 27.9 Å². The van der Waals surface area contributed by atoms with Crippen molar-refractivity contribution in [1.29, 1.82) is 0 Å². The molecule has 3 N–H and O–H groups in total. The highest BCUT2D eigenvalue weighted by atomic mass is 35.5. The number of phenolic OH excluding ortho intramolecular Hbond substituents is 1. The van der Waals surface area contributed by atoms with Crippen LogP contribution >= 0.6 is 11.6 Å². The SMILES string of the molecule is NC1CCCN(c2ncnc3c(F)c(-c4cc(O)cc5ccccc45)c(Cl)cc23)C1. The number of nitrogens with zero attached hydrogens (tertiary/aromatic N) is 3. The summed E-state index contributed by atoms with van der Waals surface area (Å²) in [6, 6.07) is 12.4. The van der Waals surface area contributed by atoms with Crippen molar-refractivity contribution in [1.82, 2.24) is 9.97 Å². The van der Waals surface area contributed by atoms with E-state index in [4.69, 9.17) is 17.3 Å². The first-order chi connectivity index (χ1) is 14.5. The molecule has 4 aromatic rings. The number of nitrogens with two attached hydrogens (primary N) is 1. The van der Waals surface area contributed by atoms with Gasteiger partial charge in [-0.2, -0.15) is 0 Å². The van der Waals surface area contributed by atoms with Gasteiger partial charge in [0.25, 0.3) is 0 Å². The first-order valence-electron chi connectivity index (χ1n) is 9.88. The number of fused-ring (bicyclic) bond motifs is 2. The van der Waals surface area contributed by atoms with Crippen LogP contribution in [0.2, 0.25) is 5.02 Å². The molecule has 5 nitrogen and oxygen atoms in total. The van der Waals surface area contributed by atoms with E-state index >= 15 is 4.39 Å². The summed E-state index contributed by atoms with van der Waals surface area (Å²) in [5.41, 5.74) is 7.07. The highest BCUT2D eigenvalue weighted by Crippen LogP contribution is 2.41. The lowest BCUT2D eigenvalue weighted by atomic mass is 9.96. The predicted molar refractivity (Wildman–Crippen MR) is 119 cm³/mol. The first-order valence-corrected chi connectivity index (χ1v) is 10.3. The summed E-state index contributed by atoms with van der Waals surface area (Å²) in [5, 5.41) is 12.6. The van der Waals surface area contributed by atoms with E-state index in [0.29, 0.717) is 23.3 Å². The Morgan fingerprint density at radius 3 is 2.80 bits per heavy atom. The molecule has 2 heterocycles. The van der Waals surface area contributed by atoms with Crippen LogP contribution in [0.1, 0.15) is 12.8 Å². The average molecular weight is 423 g/mol. The molecule has 30 heavy (non-hydrogen) atoms. The summed E-state index contributed by atoms with van der Waals surface area (Å²) in [6.07, 6.45) is 3.29. The fraction of sp³-hybridized carbons (Fsp3) is 0.217. The largest absolute Gasteiger partial charge is 0.508 e. The molecule has 0 aliphatic carbocycles. The van der Waals surface area contributed by atoms with Crippen molar-refractivity contribution >= 4 is 39.1 Å². The Balaban J connectivity index is 1.75. The van der Waals surface area contributed by atoms with Gasteiger partial charge in [0, 0.05) is 30.1 Å². The third kappa shape index (κ3) is 3.13. The highest BCUT2D eigenvalue weighted by Gasteiger charge is 2.24. The molecule has 0 saturated carbocycles. The zero-order chi connectivity index (χ0) is 20.8. The number of rotatable bonds is 2. The average Bonchev–Trinajstić information content (AvgIpc) is 2.73. The maximum atomic E-state index is 15.8. The third-order valence-corrected chi connectivity index (χ3v) is 5.97. The Hall–Kier alpha value is -2.96. The molecule has 152 valence electrons. The summed E-state index contributed by atoms with van der Waals surface area (Å²) in [5.74, 6) is 0.159. The number of halogens is 2. The van der Waals surface area contributed by atoms with Gasteiger partial charge in [-0.25, -0.2) is 14.4 Å². The minimum Gasteiger partial charge on any atom is -0.508 e. The lowest BCUT2D eigenvalue weighted by Gasteiger charge is -2.32. The van der Waals surface area contributed by atoms with E-state index in [1.807, 2.05) is 24.3 Å². The molecule has 0 radical (unpaired) electrons. The predicted octanol–water partition coefficient (Wildman–Crippen LogP) is 4.88. The summed E-state index contributed by atoms with van der Waals surface area (Å²) < 4.78 is 15.8. The van der Waals surface area contributed by atoms with Crippen LogP contribution in [0.5, 0.6) is 5.75 Å². The van der Waals surface area contributed by atoms with Crippen LogP contribution in [0.4, 0.5) is 10.2 Å². The zero-order valence-corrected chi connectivity index (χ0v) is 16.9. The van der Waals surface area contributed by atoms with E-state index in [1.54, 1.807) is 12.1 Å². The molecular formula is C23H20ClFN4O. The first kappa shape index (κ1) is 19.0. The van der Waals surface area contributed by atoms with Gasteiger partial charge in [-0.3, -0.25) is 0 Å². The van der Waals surface area contributed by atoms with E-state index in [2.05, 4.69) is 14.9 Å². The van der Waals surface area contributed by atoms with Crippen LogP contribution in [0, 0.1) is 5.82 Å². The number of hydrogen-bond donors (Lipinski definition) is 2. The van der Waals surface area contributed by atoms with Gasteiger partial charge in [0.1, 0.15) is 23.4 Å². The fourth-order valence-electron chi connectivity index (χ4n) is 4.32. The fourth-order valence-corrected chi connectivity index (χ4v) is 4.61. The minimum absolute atomic E-state index is 0.0462. The maximum Gasteiger partial charge on any atom is 0.158 e. The Labute approximate surface area is 177 Å². The summed E-state index contributed by atoms with van der Waals surface area (Å²) in [6.45, 7) is 1.46. The van der Waals surface area contributed by atoms with Crippen molar-refractivity contribution in [2.75, 3.05) is 18.0 Å². The number of aromatic nitrogens is 2. The van der Waals surface area contributed by atoms with Crippen LogP contribution in [0.3, 0.4) is 0 Å². The summed E-state index contributed by atoms with van der Waals surface area (Å²) >= 11 is 6.61. The second-order valence-electron chi connectivity index (χ2n) is 7.70. The summed E-state index contributed by atoms with van der Waals surface area (Å²) in [7, 11) is 0. The molecule has 1 fully saturated rings. The van der Waals surface area contributed by atoms with Gasteiger partial charge in [-0.15, -0.1) is 0 Å². The molecule has 1 aliphatic rings. The van der Waals surface area contributed by atoms with Crippen LogP contribution < -0.4 is 10.6 Å². The topological polar surface area (TPSA) is 75.3 Å². The molecule has 1 atom stereocenters. The molecule has 3 aromatic carbocycles. The Morgan fingerprint density at radius 2 is 1.97 bits per heavy atom. The van der Waals surface area contributed by atoms with Crippen molar-refractivity contribution in [3.05, 3.63) is 59.6 Å². The van der Waals surface area contributed by atoms with E-state index in [1.165, 1.54) is 12.4 Å². The number of piperidine rings is 1. The second kappa shape index (κ2) is 7.38. The Kier molecular flexibility index (Phi) is 4.68. The molecule has 0 spiro atoms. The quantitative estimate of drug-likeness (QED) is 0.481. The molecule has 1 unspecified atom stereocenters. The number of phenols is 1. The van der Waals surface area contributed by atoms with E-state index < -0.39 is 5.82 Å². The highest BCUT2D eigenvalue weighted by molar-refractivity contribution is 6.35. The Morgan fingerprint density at radius 1 is 1.13 bits per heavy atom. The molecular weight excluding hydrogens is 403 g/mol. The third-order valence-electron chi connectivity index (χ3n) is 5.67. The number of anilines is 1. The van der Waals surface area contributed by atoms with Crippen molar-refractivity contribution in [2.24, 2.45) is 5.73 Å². The van der Waals surface area contributed by atoms with Crippen LogP contribution in [-0.2, 0) is 0 Å². The molecule has 1 aliphatic heterocycles. The lowest BCUT2D eigenvalue weighted by Crippen LogP contribution is -2.43. The number of benzene rings is 3. The van der Waals surface area contributed by atoms with Crippen molar-refractivity contribution in [3.63, 3.8) is 0 Å². The monoisotopic (exact) mass is 422 g/mol. The van der Waals surface area contributed by atoms with Gasteiger partial charge in [0.15, 0.2) is 5.82 Å².